The monoisotopic (exact) mass is 278 g/mol. The van der Waals surface area contributed by atoms with E-state index in [1.807, 2.05) is 0 Å². The summed E-state index contributed by atoms with van der Waals surface area (Å²) in [5.74, 6) is -0.940. The van der Waals surface area contributed by atoms with Gasteiger partial charge in [-0.3, -0.25) is 9.59 Å². The molecule has 7 heteroatoms. The number of nitrogens with zero attached hydrogens (tertiary/aromatic N) is 1. The van der Waals surface area contributed by atoms with Crippen LogP contribution in [0.2, 0.25) is 0 Å². The van der Waals surface area contributed by atoms with E-state index in [0.717, 1.165) is 0 Å². The van der Waals surface area contributed by atoms with Gasteiger partial charge in [-0.1, -0.05) is 0 Å². The molecule has 0 spiro atoms. The van der Waals surface area contributed by atoms with Gasteiger partial charge in [0.15, 0.2) is 0 Å². The van der Waals surface area contributed by atoms with Crippen molar-refractivity contribution in [3.8, 4) is 0 Å². The van der Waals surface area contributed by atoms with E-state index in [2.05, 4.69) is 5.32 Å². The molecule has 0 aromatic heterocycles. The number of halogens is 2. The molecular weight excluding hydrogens is 258 g/mol. The number of piperidine rings is 1. The first-order valence-electron chi connectivity index (χ1n) is 6.37. The summed E-state index contributed by atoms with van der Waals surface area (Å²) >= 11 is 0. The Balaban J connectivity index is 2.52. The van der Waals surface area contributed by atoms with E-state index >= 15 is 0 Å². The summed E-state index contributed by atoms with van der Waals surface area (Å²) in [6.45, 7) is 1.95. The van der Waals surface area contributed by atoms with Gasteiger partial charge in [0.2, 0.25) is 5.91 Å². The summed E-state index contributed by atoms with van der Waals surface area (Å²) in [6.07, 6.45) is -1.29. The maximum absolute atomic E-state index is 12.2. The van der Waals surface area contributed by atoms with Crippen LogP contribution in [-0.2, 0) is 9.59 Å². The second-order valence-electron chi connectivity index (χ2n) is 4.95. The number of carboxylic acids is 1. The number of carbonyl (C=O) groups is 2. The lowest BCUT2D eigenvalue weighted by Crippen LogP contribution is -2.51. The number of likely N-dealkylation sites (tertiary alicyclic amines) is 1. The molecule has 0 saturated carbocycles. The van der Waals surface area contributed by atoms with Gasteiger partial charge < -0.3 is 15.3 Å². The second-order valence-corrected chi connectivity index (χ2v) is 4.95. The van der Waals surface area contributed by atoms with Crippen molar-refractivity contribution in [3.05, 3.63) is 0 Å². The molecule has 1 heterocycles. The number of hydrogen-bond donors (Lipinski definition) is 2. The van der Waals surface area contributed by atoms with Gasteiger partial charge in [-0.2, -0.15) is 0 Å². The van der Waals surface area contributed by atoms with Crippen molar-refractivity contribution in [2.24, 2.45) is 5.92 Å². The van der Waals surface area contributed by atoms with Gasteiger partial charge in [0.25, 0.3) is 6.43 Å². The maximum atomic E-state index is 12.2. The standard InChI is InChI=1S/C12H20F2N2O3/c1-8(17)16-6-9(2-3-12(18)19)4-10(7-16)15-5-11(13)14/h9-11,15H,2-7H2,1H3,(H,18,19). The largest absolute Gasteiger partial charge is 0.481 e. The van der Waals surface area contributed by atoms with E-state index in [9.17, 15) is 18.4 Å². The second kappa shape index (κ2) is 7.37. The van der Waals surface area contributed by atoms with Crippen molar-refractivity contribution in [2.45, 2.75) is 38.7 Å². The highest BCUT2D eigenvalue weighted by molar-refractivity contribution is 5.73. The first kappa shape index (κ1) is 15.8. The van der Waals surface area contributed by atoms with Crippen LogP contribution < -0.4 is 5.32 Å². The predicted octanol–water partition coefficient (Wildman–Crippen LogP) is 0.943. The van der Waals surface area contributed by atoms with E-state index in [-0.39, 0.29) is 24.3 Å². The summed E-state index contributed by atoms with van der Waals surface area (Å²) in [7, 11) is 0. The van der Waals surface area contributed by atoms with Gasteiger partial charge in [-0.15, -0.1) is 0 Å². The summed E-state index contributed by atoms with van der Waals surface area (Å²) in [6, 6.07) is -0.189. The number of alkyl halides is 2. The number of rotatable bonds is 6. The van der Waals surface area contributed by atoms with E-state index < -0.39 is 18.9 Å². The molecular formula is C12H20F2N2O3. The summed E-state index contributed by atoms with van der Waals surface area (Å²) in [5.41, 5.74) is 0. The number of hydrogen-bond acceptors (Lipinski definition) is 3. The number of carboxylic acid groups (broad SMARTS) is 1. The molecule has 0 aromatic carbocycles. The summed E-state index contributed by atoms with van der Waals surface area (Å²) in [5, 5.41) is 11.4. The van der Waals surface area contributed by atoms with Gasteiger partial charge in [0.05, 0.1) is 6.54 Å². The summed E-state index contributed by atoms with van der Waals surface area (Å²) in [4.78, 5) is 23.6. The molecule has 1 saturated heterocycles. The van der Waals surface area contributed by atoms with Crippen molar-refractivity contribution in [1.82, 2.24) is 10.2 Å². The minimum atomic E-state index is -2.43. The van der Waals surface area contributed by atoms with Gasteiger partial charge >= 0.3 is 5.97 Å². The molecule has 5 nitrogen and oxygen atoms in total. The molecule has 1 rings (SSSR count). The average molecular weight is 278 g/mol. The minimum Gasteiger partial charge on any atom is -0.481 e. The molecule has 2 N–H and O–H groups in total. The van der Waals surface area contributed by atoms with Crippen molar-refractivity contribution in [1.29, 1.82) is 0 Å². The first-order valence-corrected chi connectivity index (χ1v) is 6.37. The van der Waals surface area contributed by atoms with Crippen molar-refractivity contribution >= 4 is 11.9 Å². The van der Waals surface area contributed by atoms with Crippen LogP contribution in [-0.4, -0.2) is 54.0 Å². The number of nitrogens with one attached hydrogen (secondary N) is 1. The van der Waals surface area contributed by atoms with E-state index in [1.54, 1.807) is 4.90 Å². The topological polar surface area (TPSA) is 69.6 Å². The smallest absolute Gasteiger partial charge is 0.303 e. The third-order valence-corrected chi connectivity index (χ3v) is 3.31. The van der Waals surface area contributed by atoms with Gasteiger partial charge in [0, 0.05) is 32.5 Å². The zero-order valence-corrected chi connectivity index (χ0v) is 10.9. The molecule has 1 aliphatic rings. The minimum absolute atomic E-state index is 0.0397. The fraction of sp³-hybridized carbons (Fsp3) is 0.833. The van der Waals surface area contributed by atoms with Crippen LogP contribution in [0.25, 0.3) is 0 Å². The quantitative estimate of drug-likeness (QED) is 0.759. The van der Waals surface area contributed by atoms with Crippen molar-refractivity contribution < 1.29 is 23.5 Å². The Kier molecular flexibility index (Phi) is 6.14. The molecule has 0 radical (unpaired) electrons. The molecule has 1 amide bonds. The lowest BCUT2D eigenvalue weighted by Gasteiger charge is -2.37. The fourth-order valence-electron chi connectivity index (χ4n) is 2.40. The third-order valence-electron chi connectivity index (χ3n) is 3.31. The van der Waals surface area contributed by atoms with Crippen molar-refractivity contribution in [2.75, 3.05) is 19.6 Å². The Hall–Kier alpha value is -1.24. The normalized spacial score (nSPS) is 23.7. The third kappa shape index (κ3) is 5.96. The fourth-order valence-corrected chi connectivity index (χ4v) is 2.40. The number of amides is 1. The van der Waals surface area contributed by atoms with Crippen molar-refractivity contribution in [3.63, 3.8) is 0 Å². The van der Waals surface area contributed by atoms with Gasteiger partial charge in [0.1, 0.15) is 0 Å². The molecule has 0 aliphatic carbocycles. The first-order chi connectivity index (χ1) is 8.88. The average Bonchev–Trinajstić information content (AvgIpc) is 2.33. The van der Waals surface area contributed by atoms with E-state index in [1.165, 1.54) is 6.92 Å². The maximum Gasteiger partial charge on any atom is 0.303 e. The van der Waals surface area contributed by atoms with E-state index in [0.29, 0.717) is 25.9 Å². The molecule has 19 heavy (non-hydrogen) atoms. The van der Waals surface area contributed by atoms with Crippen LogP contribution in [0.15, 0.2) is 0 Å². The Morgan fingerprint density at radius 2 is 2.11 bits per heavy atom. The van der Waals surface area contributed by atoms with E-state index in [4.69, 9.17) is 5.11 Å². The Bertz CT molecular complexity index is 326. The van der Waals surface area contributed by atoms with Gasteiger partial charge in [-0.25, -0.2) is 8.78 Å². The van der Waals surface area contributed by atoms with Crippen LogP contribution in [0.3, 0.4) is 0 Å². The highest BCUT2D eigenvalue weighted by atomic mass is 19.3. The Labute approximate surface area is 111 Å². The van der Waals surface area contributed by atoms with Crippen LogP contribution in [0.4, 0.5) is 8.78 Å². The predicted molar refractivity (Wildman–Crippen MR) is 65.0 cm³/mol. The van der Waals surface area contributed by atoms with Crippen LogP contribution in [0.1, 0.15) is 26.2 Å². The number of aliphatic carboxylic acids is 1. The lowest BCUT2D eigenvalue weighted by molar-refractivity contribution is -0.137. The molecule has 0 bridgehead atoms. The van der Waals surface area contributed by atoms with Gasteiger partial charge in [-0.05, 0) is 18.8 Å². The van der Waals surface area contributed by atoms with Crippen LogP contribution in [0, 0.1) is 5.92 Å². The molecule has 2 atom stereocenters. The summed E-state index contributed by atoms with van der Waals surface area (Å²) < 4.78 is 24.4. The number of carbonyl (C=O) groups excluding carboxylic acids is 1. The zero-order valence-electron chi connectivity index (χ0n) is 10.9. The molecule has 110 valence electrons. The highest BCUT2D eigenvalue weighted by Gasteiger charge is 2.28. The zero-order chi connectivity index (χ0) is 14.4. The molecule has 0 aromatic rings. The lowest BCUT2D eigenvalue weighted by atomic mass is 9.90. The molecule has 2 unspecified atom stereocenters. The molecule has 1 fully saturated rings. The highest BCUT2D eigenvalue weighted by Crippen LogP contribution is 2.21. The Morgan fingerprint density at radius 3 is 2.63 bits per heavy atom. The SMILES string of the molecule is CC(=O)N1CC(CCC(=O)O)CC(NCC(F)F)C1. The van der Waals surface area contributed by atoms with Crippen LogP contribution in [0.5, 0.6) is 0 Å². The van der Waals surface area contributed by atoms with Crippen LogP contribution >= 0.6 is 0 Å². The Morgan fingerprint density at radius 1 is 1.42 bits per heavy atom. The molecule has 1 aliphatic heterocycles.